The highest BCUT2D eigenvalue weighted by Gasteiger charge is 2.16. The molecule has 0 spiro atoms. The zero-order valence-corrected chi connectivity index (χ0v) is 13.3. The smallest absolute Gasteiger partial charge is 0.126 e. The molecule has 0 saturated carbocycles. The summed E-state index contributed by atoms with van der Waals surface area (Å²) in [6.45, 7) is 4.37. The van der Waals surface area contributed by atoms with Gasteiger partial charge in [0.2, 0.25) is 0 Å². The molecule has 1 aromatic carbocycles. The fourth-order valence-electron chi connectivity index (χ4n) is 2.88. The summed E-state index contributed by atoms with van der Waals surface area (Å²) in [6.07, 6.45) is 4.56. The number of pyridine rings is 1. The van der Waals surface area contributed by atoms with Gasteiger partial charge in [-0.25, -0.2) is 4.98 Å². The van der Waals surface area contributed by atoms with Crippen LogP contribution in [0, 0.1) is 5.92 Å². The Morgan fingerprint density at radius 3 is 2.50 bits per heavy atom. The minimum atomic E-state index is -0.0261. The van der Waals surface area contributed by atoms with Crippen LogP contribution in [0.4, 0.5) is 0 Å². The van der Waals surface area contributed by atoms with E-state index in [0.29, 0.717) is 5.92 Å². The summed E-state index contributed by atoms with van der Waals surface area (Å²) in [5.74, 6) is 1.51. The van der Waals surface area contributed by atoms with Crippen LogP contribution in [-0.2, 0) is 7.05 Å². The minimum absolute atomic E-state index is 0.0261. The molecule has 114 valence electrons. The average molecular weight is 294 g/mol. The molecular weight excluding hydrogens is 272 g/mol. The highest BCUT2D eigenvalue weighted by atomic mass is 15.1. The van der Waals surface area contributed by atoms with Gasteiger partial charge < -0.3 is 10.3 Å². The van der Waals surface area contributed by atoms with Crippen molar-refractivity contribution in [2.45, 2.75) is 26.3 Å². The van der Waals surface area contributed by atoms with Gasteiger partial charge in [0.15, 0.2) is 0 Å². The minimum Gasteiger partial charge on any atom is -0.330 e. The second-order valence-corrected chi connectivity index (χ2v) is 6.20. The lowest BCUT2D eigenvalue weighted by Gasteiger charge is -2.13. The Kier molecular flexibility index (Phi) is 3.94. The van der Waals surface area contributed by atoms with Crippen molar-refractivity contribution in [1.29, 1.82) is 0 Å². The van der Waals surface area contributed by atoms with E-state index in [-0.39, 0.29) is 6.04 Å². The van der Waals surface area contributed by atoms with Gasteiger partial charge in [-0.3, -0.25) is 4.98 Å². The maximum atomic E-state index is 6.32. The maximum Gasteiger partial charge on any atom is 0.126 e. The van der Waals surface area contributed by atoms with E-state index in [0.717, 1.165) is 28.8 Å². The molecule has 0 amide bonds. The fraction of sp³-hybridized carbons (Fsp3) is 0.333. The number of hydrogen-bond acceptors (Lipinski definition) is 3. The molecule has 0 fully saturated rings. The lowest BCUT2D eigenvalue weighted by molar-refractivity contribution is 0.485. The van der Waals surface area contributed by atoms with E-state index in [4.69, 9.17) is 10.7 Å². The van der Waals surface area contributed by atoms with Crippen molar-refractivity contribution in [2.75, 3.05) is 0 Å². The van der Waals surface area contributed by atoms with Crippen LogP contribution in [0.2, 0.25) is 0 Å². The number of benzene rings is 1. The third-order valence-electron chi connectivity index (χ3n) is 3.99. The summed E-state index contributed by atoms with van der Waals surface area (Å²) >= 11 is 0. The number of hydrogen-bond donors (Lipinski definition) is 1. The Bertz CT molecular complexity index is 774. The Labute approximate surface area is 131 Å². The van der Waals surface area contributed by atoms with Crippen molar-refractivity contribution < 1.29 is 0 Å². The Morgan fingerprint density at radius 2 is 1.82 bits per heavy atom. The Balaban J connectivity index is 2.04. The topological polar surface area (TPSA) is 56.7 Å². The number of fused-ring (bicyclic) bond motifs is 1. The predicted molar refractivity (Wildman–Crippen MR) is 90.3 cm³/mol. The molecule has 4 heteroatoms. The molecule has 0 bridgehead atoms. The second-order valence-electron chi connectivity index (χ2n) is 6.20. The summed E-state index contributed by atoms with van der Waals surface area (Å²) in [6, 6.07) is 10.3. The number of nitrogens with two attached hydrogens (primary N) is 1. The lowest BCUT2D eigenvalue weighted by Crippen LogP contribution is -2.17. The highest BCUT2D eigenvalue weighted by molar-refractivity contribution is 5.82. The molecule has 2 N–H and O–H groups in total. The number of aromatic nitrogens is 3. The van der Waals surface area contributed by atoms with Gasteiger partial charge in [0.1, 0.15) is 5.82 Å². The summed E-state index contributed by atoms with van der Waals surface area (Å²) in [7, 11) is 2.04. The van der Waals surface area contributed by atoms with Gasteiger partial charge in [-0.1, -0.05) is 19.9 Å². The first-order valence-corrected chi connectivity index (χ1v) is 7.68. The van der Waals surface area contributed by atoms with Crippen molar-refractivity contribution in [3.05, 3.63) is 48.5 Å². The van der Waals surface area contributed by atoms with Crippen LogP contribution in [0.15, 0.2) is 42.7 Å². The van der Waals surface area contributed by atoms with E-state index in [9.17, 15) is 0 Å². The van der Waals surface area contributed by atoms with Crippen LogP contribution in [0.3, 0.4) is 0 Å². The van der Waals surface area contributed by atoms with E-state index < -0.39 is 0 Å². The van der Waals surface area contributed by atoms with Crippen molar-refractivity contribution in [1.82, 2.24) is 14.5 Å². The van der Waals surface area contributed by atoms with Crippen molar-refractivity contribution in [3.8, 4) is 11.1 Å². The van der Waals surface area contributed by atoms with Gasteiger partial charge in [-0.2, -0.15) is 0 Å². The van der Waals surface area contributed by atoms with Gasteiger partial charge >= 0.3 is 0 Å². The van der Waals surface area contributed by atoms with Crippen molar-refractivity contribution >= 4 is 11.0 Å². The van der Waals surface area contributed by atoms with Crippen LogP contribution in [0.1, 0.15) is 32.1 Å². The van der Waals surface area contributed by atoms with E-state index in [1.54, 1.807) is 0 Å². The lowest BCUT2D eigenvalue weighted by atomic mass is 10.0. The summed E-state index contributed by atoms with van der Waals surface area (Å²) in [5, 5.41) is 0. The molecule has 0 aliphatic rings. The van der Waals surface area contributed by atoms with Crippen LogP contribution in [0.25, 0.3) is 22.2 Å². The number of nitrogens with zero attached hydrogens (tertiary/aromatic N) is 3. The van der Waals surface area contributed by atoms with Gasteiger partial charge in [-0.15, -0.1) is 0 Å². The normalized spacial score (nSPS) is 13.0. The van der Waals surface area contributed by atoms with E-state index in [1.165, 1.54) is 5.56 Å². The van der Waals surface area contributed by atoms with Crippen LogP contribution in [0.5, 0.6) is 0 Å². The number of rotatable bonds is 4. The molecule has 3 aromatic rings. The third kappa shape index (κ3) is 2.74. The number of aryl methyl sites for hydroxylation is 1. The largest absolute Gasteiger partial charge is 0.330 e. The molecule has 0 aliphatic carbocycles. The molecule has 3 rings (SSSR count). The van der Waals surface area contributed by atoms with Gasteiger partial charge in [0, 0.05) is 19.4 Å². The van der Waals surface area contributed by atoms with Gasteiger partial charge in [-0.05, 0) is 47.7 Å². The Morgan fingerprint density at radius 1 is 1.09 bits per heavy atom. The number of imidazole rings is 1. The molecule has 22 heavy (non-hydrogen) atoms. The van der Waals surface area contributed by atoms with Crippen molar-refractivity contribution in [2.24, 2.45) is 18.7 Å². The Hall–Kier alpha value is -2.20. The first kappa shape index (κ1) is 14.7. The fourth-order valence-corrected chi connectivity index (χ4v) is 2.88. The predicted octanol–water partition coefficient (Wildman–Crippen LogP) is 3.68. The molecule has 0 unspecified atom stereocenters. The monoisotopic (exact) mass is 294 g/mol. The molecule has 2 aromatic heterocycles. The molecule has 0 radical (unpaired) electrons. The highest BCUT2D eigenvalue weighted by Crippen LogP contribution is 2.27. The average Bonchev–Trinajstić information content (AvgIpc) is 2.84. The summed E-state index contributed by atoms with van der Waals surface area (Å²) in [5.41, 5.74) is 10.8. The molecule has 0 aliphatic heterocycles. The summed E-state index contributed by atoms with van der Waals surface area (Å²) < 4.78 is 2.12. The van der Waals surface area contributed by atoms with E-state index in [1.807, 2.05) is 31.6 Å². The van der Waals surface area contributed by atoms with Crippen LogP contribution >= 0.6 is 0 Å². The standard InChI is InChI=1S/C18H22N4/c1-12(2)10-15(19)18-21-16-5-4-14(11-17(16)22(18)3)13-6-8-20-9-7-13/h4-9,11-12,15H,10,19H2,1-3H3/t15-/m1/s1. The molecule has 4 nitrogen and oxygen atoms in total. The van der Waals surface area contributed by atoms with E-state index in [2.05, 4.69) is 41.6 Å². The van der Waals surface area contributed by atoms with Gasteiger partial charge in [0.05, 0.1) is 17.1 Å². The van der Waals surface area contributed by atoms with Gasteiger partial charge in [0.25, 0.3) is 0 Å². The molecular formula is C18H22N4. The molecule has 1 atom stereocenters. The quantitative estimate of drug-likeness (QED) is 0.798. The second kappa shape index (κ2) is 5.89. The maximum absolute atomic E-state index is 6.32. The first-order chi connectivity index (χ1) is 10.6. The van der Waals surface area contributed by atoms with E-state index >= 15 is 0 Å². The zero-order valence-electron chi connectivity index (χ0n) is 13.3. The van der Waals surface area contributed by atoms with Crippen LogP contribution in [-0.4, -0.2) is 14.5 Å². The zero-order chi connectivity index (χ0) is 15.7. The van der Waals surface area contributed by atoms with Crippen LogP contribution < -0.4 is 5.73 Å². The first-order valence-electron chi connectivity index (χ1n) is 7.68. The molecule has 0 saturated heterocycles. The third-order valence-corrected chi connectivity index (χ3v) is 3.99. The summed E-state index contributed by atoms with van der Waals surface area (Å²) in [4.78, 5) is 8.80. The SMILES string of the molecule is CC(C)C[C@@H](N)c1nc2ccc(-c3ccncc3)cc2n1C. The molecule has 2 heterocycles. The van der Waals surface area contributed by atoms with Crippen molar-refractivity contribution in [3.63, 3.8) is 0 Å².